The average Bonchev–Trinajstić information content (AvgIpc) is 2.27. The van der Waals surface area contributed by atoms with Gasteiger partial charge in [-0.25, -0.2) is 0 Å². The Morgan fingerprint density at radius 2 is 1.19 bits per heavy atom. The summed E-state index contributed by atoms with van der Waals surface area (Å²) in [6, 6.07) is 5.42. The maximum Gasteiger partial charge on any atom is 2.00 e. The minimum Gasteiger partial charge on any atom is -0.822 e. The fourth-order valence-corrected chi connectivity index (χ4v) is 0.973. The molecule has 0 bridgehead atoms. The van der Waals surface area contributed by atoms with E-state index < -0.39 is 27.7 Å². The Morgan fingerprint density at radius 1 is 0.923 bits per heavy atom. The smallest absolute Gasteiger partial charge is 0.822 e. The van der Waals surface area contributed by atoms with Crippen molar-refractivity contribution in [1.82, 2.24) is 0 Å². The van der Waals surface area contributed by atoms with E-state index in [0.29, 0.717) is 0 Å². The summed E-state index contributed by atoms with van der Waals surface area (Å²) in [6.45, 7) is 0. The molecule has 0 heterocycles. The number of carboxylic acid groups (broad SMARTS) is 1. The monoisotopic (exact) mass is 491 g/mol. The summed E-state index contributed by atoms with van der Waals surface area (Å²) in [5.74, 6) is -0.860. The first-order valence-electron chi connectivity index (χ1n) is 5.32. The number of hydrogen-bond donors (Lipinski definition) is 3. The number of rotatable bonds is 3. The van der Waals surface area contributed by atoms with Crippen LogP contribution in [0.3, 0.4) is 0 Å². The van der Waals surface area contributed by atoms with E-state index >= 15 is 0 Å². The van der Waals surface area contributed by atoms with E-state index in [1.165, 1.54) is 12.1 Å². The van der Waals surface area contributed by atoms with Gasteiger partial charge in [0.25, 0.3) is 0 Å². The van der Waals surface area contributed by atoms with Crippen LogP contribution in [0.4, 0.5) is 0 Å². The molecule has 0 saturated carbocycles. The largest absolute Gasteiger partial charge is 2.00 e. The Labute approximate surface area is 238 Å². The number of aliphatic carboxylic acids is 1. The molecular formula is C9H11Ca3NO11P2. The third kappa shape index (κ3) is 41.0. The Morgan fingerprint density at radius 3 is 1.42 bits per heavy atom. The second-order valence-corrected chi connectivity index (χ2v) is 5.50. The van der Waals surface area contributed by atoms with E-state index in [0.717, 1.165) is 5.56 Å². The number of carbonyl (C=O) groups is 1. The minimum absolute atomic E-state index is 0. The van der Waals surface area contributed by atoms with Crippen LogP contribution in [0.25, 0.3) is 0 Å². The van der Waals surface area contributed by atoms with E-state index in [-0.39, 0.29) is 125 Å². The molecule has 0 radical (unpaired) electrons. The summed E-state index contributed by atoms with van der Waals surface area (Å²) in [5.41, 5.74) is 6.12. The van der Waals surface area contributed by atoms with Gasteiger partial charge < -0.3 is 54.4 Å². The minimum atomic E-state index is -5.39. The Balaban J connectivity index is -0.0000000967. The second-order valence-electron chi connectivity index (χ2n) is 3.71. The zero-order valence-corrected chi connectivity index (χ0v) is 21.7. The normalized spacial score (nSPS) is 10.7. The van der Waals surface area contributed by atoms with Crippen molar-refractivity contribution in [2.24, 2.45) is 5.73 Å². The molecule has 0 aliphatic heterocycles. The molecule has 0 unspecified atom stereocenters. The molecule has 0 saturated heterocycles. The van der Waals surface area contributed by atoms with Crippen molar-refractivity contribution in [2.45, 2.75) is 12.5 Å². The summed E-state index contributed by atoms with van der Waals surface area (Å²) in [7, 11) is -10.8. The van der Waals surface area contributed by atoms with Gasteiger partial charge in [-0.15, -0.1) is 0 Å². The van der Waals surface area contributed by atoms with Gasteiger partial charge in [0.15, 0.2) is 0 Å². The SMILES string of the molecule is N[C@@H](Cc1ccc(O)cc1)C(=O)O.O=P([O-])([O-])[O-].O=P([O-])([O-])[O-].[Ca+2].[Ca+2].[Ca+2]. The topological polar surface area (TPSA) is 256 Å². The molecule has 1 rings (SSSR count). The van der Waals surface area contributed by atoms with E-state index in [9.17, 15) is 4.79 Å². The number of phenolic OH excluding ortho intramolecular Hbond substituents is 1. The average molecular weight is 491 g/mol. The molecule has 0 fully saturated rings. The molecule has 1 aromatic rings. The van der Waals surface area contributed by atoms with Crippen molar-refractivity contribution in [1.29, 1.82) is 0 Å². The van der Waals surface area contributed by atoms with Crippen LogP contribution in [0.5, 0.6) is 5.75 Å². The van der Waals surface area contributed by atoms with Crippen LogP contribution in [0.15, 0.2) is 24.3 Å². The van der Waals surface area contributed by atoms with Crippen LogP contribution in [-0.4, -0.2) is 135 Å². The van der Waals surface area contributed by atoms with Crippen LogP contribution < -0.4 is 35.1 Å². The number of aromatic hydroxyl groups is 1. The van der Waals surface area contributed by atoms with Crippen molar-refractivity contribution in [3.8, 4) is 5.75 Å². The number of nitrogens with two attached hydrogens (primary N) is 1. The van der Waals surface area contributed by atoms with E-state index in [1.807, 2.05) is 0 Å². The molecular weight excluding hydrogens is 480 g/mol. The maximum atomic E-state index is 10.4. The first-order valence-corrected chi connectivity index (χ1v) is 8.24. The zero-order valence-electron chi connectivity index (χ0n) is 13.3. The Hall–Kier alpha value is 2.45. The first kappa shape index (κ1) is 39.0. The van der Waals surface area contributed by atoms with E-state index in [2.05, 4.69) is 0 Å². The van der Waals surface area contributed by atoms with Crippen molar-refractivity contribution < 1.29 is 53.5 Å². The Kier molecular flexibility index (Phi) is 29.1. The predicted octanol–water partition coefficient (Wildman–Crippen LogP) is -6.44. The van der Waals surface area contributed by atoms with Gasteiger partial charge in [0, 0.05) is 0 Å². The van der Waals surface area contributed by atoms with E-state index in [1.54, 1.807) is 12.1 Å². The quantitative estimate of drug-likeness (QED) is 0.263. The summed E-state index contributed by atoms with van der Waals surface area (Å²) in [4.78, 5) is 61.7. The molecule has 4 N–H and O–H groups in total. The van der Waals surface area contributed by atoms with Crippen LogP contribution in [0.2, 0.25) is 0 Å². The molecule has 0 aromatic heterocycles. The standard InChI is InChI=1S/C9H11NO3.3Ca.2H3O4P/c10-8(9(12)13)5-6-1-3-7(11)4-2-6;;;;2*1-5(2,3)4/h1-4,8,11H,5,10H2,(H,12,13);;;;2*(H3,1,2,3,4)/q;3*+2;;/p-6/t8-;;;;;/m0...../s1. The molecule has 1 atom stereocenters. The van der Waals surface area contributed by atoms with Crippen molar-refractivity contribution >= 4 is 135 Å². The van der Waals surface area contributed by atoms with Crippen LogP contribution in [-0.2, 0) is 20.3 Å². The molecule has 0 spiro atoms. The summed E-state index contributed by atoms with van der Waals surface area (Å²) in [5, 5.41) is 17.5. The van der Waals surface area contributed by atoms with Crippen molar-refractivity contribution in [3.05, 3.63) is 29.8 Å². The first-order chi connectivity index (χ1) is 10.1. The molecule has 17 heteroatoms. The second kappa shape index (κ2) is 19.4. The third-order valence-corrected chi connectivity index (χ3v) is 1.71. The molecule has 1 aromatic carbocycles. The molecule has 134 valence electrons. The van der Waals surface area contributed by atoms with Gasteiger partial charge in [-0.1, -0.05) is 12.1 Å². The Bertz CT molecular complexity index is 540. The van der Waals surface area contributed by atoms with Gasteiger partial charge in [0.1, 0.15) is 11.8 Å². The van der Waals surface area contributed by atoms with Crippen LogP contribution in [0.1, 0.15) is 5.56 Å². The van der Waals surface area contributed by atoms with E-state index in [4.69, 9.17) is 54.4 Å². The van der Waals surface area contributed by atoms with Crippen LogP contribution >= 0.6 is 15.6 Å². The van der Waals surface area contributed by atoms with Crippen LogP contribution in [0, 0.1) is 0 Å². The van der Waals surface area contributed by atoms with Gasteiger partial charge >= 0.3 is 119 Å². The summed E-state index contributed by atoms with van der Waals surface area (Å²) in [6.07, 6.45) is 0.273. The maximum absolute atomic E-state index is 10.4. The molecule has 0 aliphatic rings. The van der Waals surface area contributed by atoms with Gasteiger partial charge in [0.2, 0.25) is 0 Å². The number of hydrogen-bond acceptors (Lipinski definition) is 11. The van der Waals surface area contributed by atoms with Gasteiger partial charge in [0.05, 0.1) is 0 Å². The fourth-order valence-electron chi connectivity index (χ4n) is 0.973. The molecule has 0 amide bonds. The summed E-state index contributed by atoms with van der Waals surface area (Å²) >= 11 is 0. The third-order valence-electron chi connectivity index (χ3n) is 1.71. The van der Waals surface area contributed by atoms with Gasteiger partial charge in [-0.2, -0.15) is 15.6 Å². The van der Waals surface area contributed by atoms with Gasteiger partial charge in [-0.05, 0) is 24.1 Å². The predicted molar refractivity (Wildman–Crippen MR) is 79.9 cm³/mol. The number of carboxylic acids is 1. The molecule has 12 nitrogen and oxygen atoms in total. The summed E-state index contributed by atoms with van der Waals surface area (Å²) < 4.78 is 17.1. The van der Waals surface area contributed by atoms with Gasteiger partial charge in [-0.3, -0.25) is 4.79 Å². The number of benzene rings is 1. The molecule has 0 aliphatic carbocycles. The number of phenols is 1. The fraction of sp³-hybridized carbons (Fsp3) is 0.222. The zero-order chi connectivity index (χ0) is 18.8. The molecule has 26 heavy (non-hydrogen) atoms. The van der Waals surface area contributed by atoms with Crippen molar-refractivity contribution in [3.63, 3.8) is 0 Å². The number of phosphoric acid groups is 2. The van der Waals surface area contributed by atoms with Crippen molar-refractivity contribution in [2.75, 3.05) is 0 Å².